The number of anilines is 1. The molecule has 0 aromatic heterocycles. The quantitative estimate of drug-likeness (QED) is 0.770. The van der Waals surface area contributed by atoms with Crippen molar-refractivity contribution in [2.75, 3.05) is 26.1 Å². The van der Waals surface area contributed by atoms with Crippen molar-refractivity contribution in [2.24, 2.45) is 11.8 Å². The van der Waals surface area contributed by atoms with Gasteiger partial charge in [0, 0.05) is 30.8 Å². The molecule has 2 N–H and O–H groups in total. The Bertz CT molecular complexity index is 706. The summed E-state index contributed by atoms with van der Waals surface area (Å²) >= 11 is 6.38. The van der Waals surface area contributed by atoms with E-state index in [-0.39, 0.29) is 29.3 Å². The fourth-order valence-corrected chi connectivity index (χ4v) is 4.44. The number of carbonyl (C=O) groups excluding carboxylic acids is 1. The topological polar surface area (TPSA) is 83.4 Å². The zero-order valence-electron chi connectivity index (χ0n) is 15.0. The third kappa shape index (κ3) is 3.89. The normalized spacial score (nSPS) is 30.7. The first-order valence-electron chi connectivity index (χ1n) is 8.85. The Kier molecular flexibility index (Phi) is 5.90. The first kappa shape index (κ1) is 18.8. The number of halogens is 1. The average molecular weight is 378 g/mol. The molecule has 1 aromatic rings. The molecule has 0 radical (unpaired) electrons. The molecular formula is C19H24ClN3O3. The van der Waals surface area contributed by atoms with Crippen LogP contribution in [0.3, 0.4) is 0 Å². The van der Waals surface area contributed by atoms with Crippen LogP contribution in [0.25, 0.3) is 0 Å². The molecule has 5 atom stereocenters. The number of piperidine rings is 1. The smallest absolute Gasteiger partial charge is 0.225 e. The number of rotatable bonds is 5. The summed E-state index contributed by atoms with van der Waals surface area (Å²) in [4.78, 5) is 12.5. The Hall–Kier alpha value is -1.97. The molecule has 2 aliphatic rings. The number of hydrogen-bond acceptors (Lipinski definition) is 5. The van der Waals surface area contributed by atoms with E-state index in [2.05, 4.69) is 16.7 Å². The van der Waals surface area contributed by atoms with Gasteiger partial charge in [-0.3, -0.25) is 4.79 Å². The van der Waals surface area contributed by atoms with E-state index in [9.17, 15) is 4.79 Å². The lowest BCUT2D eigenvalue weighted by Crippen LogP contribution is -2.59. The van der Waals surface area contributed by atoms with Crippen LogP contribution in [0.1, 0.15) is 24.8 Å². The number of ether oxygens (including phenoxy) is 2. The van der Waals surface area contributed by atoms with Gasteiger partial charge < -0.3 is 20.1 Å². The van der Waals surface area contributed by atoms with Crippen LogP contribution in [-0.2, 0) is 9.53 Å². The van der Waals surface area contributed by atoms with Gasteiger partial charge in [-0.15, -0.1) is 11.6 Å². The van der Waals surface area contributed by atoms with Crippen LogP contribution in [-0.4, -0.2) is 44.2 Å². The molecular weight excluding hydrogens is 354 g/mol. The number of carbonyl (C=O) groups is 1. The van der Waals surface area contributed by atoms with Crippen LogP contribution in [0.2, 0.25) is 0 Å². The Balaban J connectivity index is 1.64. The number of nitrogens with one attached hydrogen (secondary N) is 2. The number of hydrogen-bond donors (Lipinski definition) is 2. The lowest BCUT2D eigenvalue weighted by atomic mass is 9.74. The predicted molar refractivity (Wildman–Crippen MR) is 99.4 cm³/mol. The minimum Gasteiger partial charge on any atom is -0.495 e. The minimum atomic E-state index is -0.127. The predicted octanol–water partition coefficient (Wildman–Crippen LogP) is 2.52. The first-order chi connectivity index (χ1) is 12.5. The molecule has 7 heteroatoms. The standard InChI is InChI=1S/C19H24ClN3O3/c1-25-16-8-15(4-3-11(16)9-21)22-10-13-5-12-6-14(20)7-17(26-2)18(12)23-19(13)24/h3-4,8,12-14,17-18,22H,5-7,10H2,1-2H3,(H,23,24). The zero-order valence-corrected chi connectivity index (χ0v) is 15.8. The first-order valence-corrected chi connectivity index (χ1v) is 9.28. The molecule has 0 spiro atoms. The molecule has 6 nitrogen and oxygen atoms in total. The molecule has 0 bridgehead atoms. The zero-order chi connectivity index (χ0) is 18.7. The molecule has 1 heterocycles. The van der Waals surface area contributed by atoms with Gasteiger partial charge in [0.2, 0.25) is 5.91 Å². The lowest BCUT2D eigenvalue weighted by molar-refractivity contribution is -0.132. The lowest BCUT2D eigenvalue weighted by Gasteiger charge is -2.44. The number of alkyl halides is 1. The van der Waals surface area contributed by atoms with Gasteiger partial charge in [-0.1, -0.05) is 0 Å². The monoisotopic (exact) mass is 377 g/mol. The van der Waals surface area contributed by atoms with Crippen molar-refractivity contribution in [2.45, 2.75) is 36.8 Å². The van der Waals surface area contributed by atoms with E-state index in [1.54, 1.807) is 19.2 Å². The highest BCUT2D eigenvalue weighted by Crippen LogP contribution is 2.37. The molecule has 2 fully saturated rings. The van der Waals surface area contributed by atoms with Crippen LogP contribution >= 0.6 is 11.6 Å². The summed E-state index contributed by atoms with van der Waals surface area (Å²) in [5, 5.41) is 15.6. The number of nitriles is 1. The molecule has 1 amide bonds. The summed E-state index contributed by atoms with van der Waals surface area (Å²) < 4.78 is 10.8. The van der Waals surface area contributed by atoms with Crippen molar-refractivity contribution in [1.82, 2.24) is 5.32 Å². The molecule has 5 unspecified atom stereocenters. The number of amides is 1. The Morgan fingerprint density at radius 1 is 1.35 bits per heavy atom. The van der Waals surface area contributed by atoms with E-state index in [4.69, 9.17) is 26.3 Å². The van der Waals surface area contributed by atoms with Crippen molar-refractivity contribution in [3.63, 3.8) is 0 Å². The molecule has 140 valence electrons. The van der Waals surface area contributed by atoms with Crippen molar-refractivity contribution >= 4 is 23.2 Å². The average Bonchev–Trinajstić information content (AvgIpc) is 2.65. The van der Waals surface area contributed by atoms with E-state index in [1.807, 2.05) is 6.07 Å². The highest BCUT2D eigenvalue weighted by molar-refractivity contribution is 6.20. The second kappa shape index (κ2) is 8.15. The Labute approximate surface area is 158 Å². The third-order valence-electron chi connectivity index (χ3n) is 5.40. The van der Waals surface area contributed by atoms with Crippen LogP contribution in [0.4, 0.5) is 5.69 Å². The van der Waals surface area contributed by atoms with Gasteiger partial charge in [0.15, 0.2) is 0 Å². The van der Waals surface area contributed by atoms with Crippen molar-refractivity contribution in [1.29, 1.82) is 5.26 Å². The SMILES string of the molecule is COc1cc(NCC2CC3CC(Cl)CC(OC)C3NC2=O)ccc1C#N. The number of methoxy groups -OCH3 is 2. The van der Waals surface area contributed by atoms with E-state index in [1.165, 1.54) is 7.11 Å². The molecule has 26 heavy (non-hydrogen) atoms. The molecule has 3 rings (SSSR count). The van der Waals surface area contributed by atoms with Gasteiger partial charge in [0.25, 0.3) is 0 Å². The summed E-state index contributed by atoms with van der Waals surface area (Å²) in [6, 6.07) is 7.45. The van der Waals surface area contributed by atoms with Crippen LogP contribution < -0.4 is 15.4 Å². The second-order valence-electron chi connectivity index (χ2n) is 6.98. The van der Waals surface area contributed by atoms with Crippen LogP contribution in [0.15, 0.2) is 18.2 Å². The van der Waals surface area contributed by atoms with E-state index in [0.29, 0.717) is 23.8 Å². The van der Waals surface area contributed by atoms with Crippen LogP contribution in [0, 0.1) is 23.2 Å². The highest BCUT2D eigenvalue weighted by Gasteiger charge is 2.44. The largest absolute Gasteiger partial charge is 0.495 e. The fourth-order valence-electron chi connectivity index (χ4n) is 4.04. The Morgan fingerprint density at radius 3 is 2.85 bits per heavy atom. The molecule has 1 aliphatic carbocycles. The van der Waals surface area contributed by atoms with Crippen molar-refractivity contribution < 1.29 is 14.3 Å². The number of fused-ring (bicyclic) bond motifs is 1. The maximum atomic E-state index is 12.5. The van der Waals surface area contributed by atoms with Crippen molar-refractivity contribution in [3.8, 4) is 11.8 Å². The molecule has 1 aliphatic heterocycles. The fraction of sp³-hybridized carbons (Fsp3) is 0.579. The minimum absolute atomic E-state index is 0.0168. The summed E-state index contributed by atoms with van der Waals surface area (Å²) in [5.74, 6) is 0.772. The van der Waals surface area contributed by atoms with E-state index < -0.39 is 0 Å². The van der Waals surface area contributed by atoms with Gasteiger partial charge >= 0.3 is 0 Å². The van der Waals surface area contributed by atoms with Gasteiger partial charge in [-0.25, -0.2) is 0 Å². The third-order valence-corrected chi connectivity index (χ3v) is 5.76. The second-order valence-corrected chi connectivity index (χ2v) is 7.59. The van der Waals surface area contributed by atoms with Gasteiger partial charge in [0.05, 0.1) is 30.7 Å². The number of benzene rings is 1. The van der Waals surface area contributed by atoms with Gasteiger partial charge in [0.1, 0.15) is 11.8 Å². The molecule has 1 aromatic carbocycles. The summed E-state index contributed by atoms with van der Waals surface area (Å²) in [6.07, 6.45) is 2.44. The summed E-state index contributed by atoms with van der Waals surface area (Å²) in [5.41, 5.74) is 1.31. The Morgan fingerprint density at radius 2 is 2.15 bits per heavy atom. The maximum Gasteiger partial charge on any atom is 0.225 e. The van der Waals surface area contributed by atoms with Gasteiger partial charge in [-0.05, 0) is 37.3 Å². The van der Waals surface area contributed by atoms with Crippen LogP contribution in [0.5, 0.6) is 5.75 Å². The van der Waals surface area contributed by atoms with Gasteiger partial charge in [-0.2, -0.15) is 5.26 Å². The van der Waals surface area contributed by atoms with E-state index in [0.717, 1.165) is 24.9 Å². The highest BCUT2D eigenvalue weighted by atomic mass is 35.5. The molecule has 1 saturated carbocycles. The van der Waals surface area contributed by atoms with E-state index >= 15 is 0 Å². The summed E-state index contributed by atoms with van der Waals surface area (Å²) in [6.45, 7) is 0.523. The molecule has 1 saturated heterocycles. The maximum absolute atomic E-state index is 12.5. The summed E-state index contributed by atoms with van der Waals surface area (Å²) in [7, 11) is 3.21. The number of nitrogens with zero attached hydrogens (tertiary/aromatic N) is 1. The van der Waals surface area contributed by atoms with Crippen molar-refractivity contribution in [3.05, 3.63) is 23.8 Å².